The molecule has 126 valence electrons. The Morgan fingerprint density at radius 1 is 1.04 bits per heavy atom. The van der Waals surface area contributed by atoms with Gasteiger partial charge in [-0.25, -0.2) is 4.79 Å². The first-order chi connectivity index (χ1) is 11.6. The summed E-state index contributed by atoms with van der Waals surface area (Å²) in [5, 5.41) is 11.7. The van der Waals surface area contributed by atoms with Crippen LogP contribution in [0, 0.1) is 0 Å². The molecule has 0 heterocycles. The highest BCUT2D eigenvalue weighted by Crippen LogP contribution is 2.18. The summed E-state index contributed by atoms with van der Waals surface area (Å²) in [4.78, 5) is 23.1. The second-order valence-electron chi connectivity index (χ2n) is 5.45. The molecule has 0 unspecified atom stereocenters. The van der Waals surface area contributed by atoms with Crippen LogP contribution in [0.4, 0.5) is 4.79 Å². The maximum absolute atomic E-state index is 12.0. The Bertz CT molecular complexity index is 668. The van der Waals surface area contributed by atoms with Gasteiger partial charge in [-0.05, 0) is 23.1 Å². The van der Waals surface area contributed by atoms with E-state index in [1.54, 1.807) is 0 Å². The monoisotopic (exact) mass is 327 g/mol. The third-order valence-corrected chi connectivity index (χ3v) is 3.67. The van der Waals surface area contributed by atoms with E-state index < -0.39 is 18.1 Å². The van der Waals surface area contributed by atoms with Gasteiger partial charge >= 0.3 is 12.1 Å². The molecule has 2 aromatic carbocycles. The number of carboxylic acids is 1. The first-order valence-corrected chi connectivity index (χ1v) is 7.86. The van der Waals surface area contributed by atoms with Crippen molar-refractivity contribution in [3.8, 4) is 0 Å². The van der Waals surface area contributed by atoms with Crippen LogP contribution in [0.2, 0.25) is 0 Å². The molecule has 1 amide bonds. The standard InChI is InChI=1S/C19H21NO4/c1-2-14-8-10-16(11-9-14)17(12-18(21)22)20-19(23)24-13-15-6-4-3-5-7-15/h3-11,17H,2,12-13H2,1H3,(H,20,23)(H,21,22)/t17-/m1/s1. The highest BCUT2D eigenvalue weighted by Gasteiger charge is 2.18. The van der Waals surface area contributed by atoms with Crippen molar-refractivity contribution >= 4 is 12.1 Å². The van der Waals surface area contributed by atoms with Crippen molar-refractivity contribution in [2.45, 2.75) is 32.4 Å². The van der Waals surface area contributed by atoms with Crippen molar-refractivity contribution < 1.29 is 19.4 Å². The van der Waals surface area contributed by atoms with E-state index in [2.05, 4.69) is 5.32 Å². The highest BCUT2D eigenvalue weighted by atomic mass is 16.5. The van der Waals surface area contributed by atoms with Crippen LogP contribution in [-0.4, -0.2) is 17.2 Å². The Morgan fingerprint density at radius 2 is 1.71 bits per heavy atom. The fourth-order valence-corrected chi connectivity index (χ4v) is 2.32. The summed E-state index contributed by atoms with van der Waals surface area (Å²) in [5.74, 6) is -0.983. The fourth-order valence-electron chi connectivity index (χ4n) is 2.32. The molecule has 0 saturated heterocycles. The number of ether oxygens (including phenoxy) is 1. The molecule has 0 spiro atoms. The summed E-state index contributed by atoms with van der Waals surface area (Å²) in [7, 11) is 0. The number of benzene rings is 2. The zero-order chi connectivity index (χ0) is 17.4. The van der Waals surface area contributed by atoms with Crippen LogP contribution in [0.3, 0.4) is 0 Å². The van der Waals surface area contributed by atoms with Crippen LogP contribution < -0.4 is 5.32 Å². The van der Waals surface area contributed by atoms with Crippen LogP contribution in [0.25, 0.3) is 0 Å². The van der Waals surface area contributed by atoms with Crippen molar-refractivity contribution in [2.75, 3.05) is 0 Å². The number of amides is 1. The van der Waals surface area contributed by atoms with E-state index in [9.17, 15) is 9.59 Å². The lowest BCUT2D eigenvalue weighted by Gasteiger charge is -2.17. The Labute approximate surface area is 141 Å². The molecular formula is C19H21NO4. The lowest BCUT2D eigenvalue weighted by molar-refractivity contribution is -0.137. The van der Waals surface area contributed by atoms with Crippen LogP contribution in [-0.2, 0) is 22.6 Å². The number of nitrogens with one attached hydrogen (secondary N) is 1. The zero-order valence-electron chi connectivity index (χ0n) is 13.6. The molecule has 1 atom stereocenters. The summed E-state index contributed by atoms with van der Waals surface area (Å²) in [6, 6.07) is 16.2. The molecule has 0 aliphatic rings. The summed E-state index contributed by atoms with van der Waals surface area (Å²) in [6.07, 6.45) is 0.0622. The van der Waals surface area contributed by atoms with Crippen molar-refractivity contribution in [3.63, 3.8) is 0 Å². The Hall–Kier alpha value is -2.82. The summed E-state index contributed by atoms with van der Waals surface area (Å²) >= 11 is 0. The number of alkyl carbamates (subject to hydrolysis) is 1. The van der Waals surface area contributed by atoms with E-state index in [-0.39, 0.29) is 13.0 Å². The Balaban J connectivity index is 1.99. The molecule has 0 aliphatic heterocycles. The molecule has 2 aromatic rings. The molecule has 2 rings (SSSR count). The van der Waals surface area contributed by atoms with Gasteiger partial charge in [-0.15, -0.1) is 0 Å². The lowest BCUT2D eigenvalue weighted by atomic mass is 10.0. The van der Waals surface area contributed by atoms with Gasteiger partial charge < -0.3 is 15.2 Å². The highest BCUT2D eigenvalue weighted by molar-refractivity contribution is 5.72. The number of aliphatic carboxylic acids is 1. The molecule has 2 N–H and O–H groups in total. The minimum absolute atomic E-state index is 0.140. The van der Waals surface area contributed by atoms with E-state index in [0.717, 1.165) is 23.1 Å². The third-order valence-electron chi connectivity index (χ3n) is 3.67. The number of rotatable bonds is 7. The van der Waals surface area contributed by atoms with Crippen LogP contribution >= 0.6 is 0 Å². The van der Waals surface area contributed by atoms with Crippen molar-refractivity contribution in [1.29, 1.82) is 0 Å². The first kappa shape index (κ1) is 17.5. The smallest absolute Gasteiger partial charge is 0.407 e. The predicted molar refractivity (Wildman–Crippen MR) is 90.6 cm³/mol. The largest absolute Gasteiger partial charge is 0.481 e. The second-order valence-corrected chi connectivity index (χ2v) is 5.45. The molecule has 0 bridgehead atoms. The second kappa shape index (κ2) is 8.72. The SMILES string of the molecule is CCc1ccc([C@@H](CC(=O)O)NC(=O)OCc2ccccc2)cc1. The fraction of sp³-hybridized carbons (Fsp3) is 0.263. The van der Waals surface area contributed by atoms with Crippen molar-refractivity contribution in [3.05, 3.63) is 71.3 Å². The van der Waals surface area contributed by atoms with E-state index in [1.165, 1.54) is 0 Å². The van der Waals surface area contributed by atoms with Gasteiger partial charge in [-0.3, -0.25) is 4.79 Å². The average molecular weight is 327 g/mol. The number of hydrogen-bond donors (Lipinski definition) is 2. The van der Waals surface area contributed by atoms with Crippen LogP contribution in [0.5, 0.6) is 0 Å². The van der Waals surface area contributed by atoms with Gasteiger partial charge in [-0.2, -0.15) is 0 Å². The summed E-state index contributed by atoms with van der Waals surface area (Å²) in [6.45, 7) is 2.18. The van der Waals surface area contributed by atoms with Crippen LogP contribution in [0.15, 0.2) is 54.6 Å². The minimum atomic E-state index is -0.983. The molecule has 0 saturated carbocycles. The minimum Gasteiger partial charge on any atom is -0.481 e. The number of carbonyl (C=O) groups is 2. The number of aryl methyl sites for hydroxylation is 1. The van der Waals surface area contributed by atoms with Gasteiger partial charge in [0.25, 0.3) is 0 Å². The van der Waals surface area contributed by atoms with E-state index in [0.29, 0.717) is 0 Å². The molecule has 0 aliphatic carbocycles. The molecule has 5 nitrogen and oxygen atoms in total. The molecular weight excluding hydrogens is 306 g/mol. The molecule has 5 heteroatoms. The Morgan fingerprint density at radius 3 is 2.29 bits per heavy atom. The normalized spacial score (nSPS) is 11.5. The molecule has 24 heavy (non-hydrogen) atoms. The van der Waals surface area contributed by atoms with Gasteiger partial charge in [0.05, 0.1) is 12.5 Å². The van der Waals surface area contributed by atoms with Gasteiger partial charge in [0.15, 0.2) is 0 Å². The third kappa shape index (κ3) is 5.43. The van der Waals surface area contributed by atoms with Crippen molar-refractivity contribution in [2.24, 2.45) is 0 Å². The summed E-state index contributed by atoms with van der Waals surface area (Å²) in [5.41, 5.74) is 2.76. The van der Waals surface area contributed by atoms with Gasteiger partial charge in [-0.1, -0.05) is 61.5 Å². The van der Waals surface area contributed by atoms with E-state index in [4.69, 9.17) is 9.84 Å². The zero-order valence-corrected chi connectivity index (χ0v) is 13.6. The van der Waals surface area contributed by atoms with Crippen molar-refractivity contribution in [1.82, 2.24) is 5.32 Å². The van der Waals surface area contributed by atoms with Gasteiger partial charge in [0, 0.05) is 0 Å². The molecule has 0 fully saturated rings. The number of carbonyl (C=O) groups excluding carboxylic acids is 1. The average Bonchev–Trinajstić information content (AvgIpc) is 2.60. The molecule has 0 aromatic heterocycles. The predicted octanol–water partition coefficient (Wildman–Crippen LogP) is 3.69. The number of carboxylic acid groups (broad SMARTS) is 1. The lowest BCUT2D eigenvalue weighted by Crippen LogP contribution is -2.30. The van der Waals surface area contributed by atoms with Gasteiger partial charge in [0.1, 0.15) is 6.61 Å². The Kier molecular flexibility index (Phi) is 6.37. The quantitative estimate of drug-likeness (QED) is 0.813. The first-order valence-electron chi connectivity index (χ1n) is 7.86. The summed E-state index contributed by atoms with van der Waals surface area (Å²) < 4.78 is 5.16. The topological polar surface area (TPSA) is 75.6 Å². The number of hydrogen-bond acceptors (Lipinski definition) is 3. The molecule has 0 radical (unpaired) electrons. The van der Waals surface area contributed by atoms with Crippen LogP contribution in [0.1, 0.15) is 36.1 Å². The van der Waals surface area contributed by atoms with E-state index in [1.807, 2.05) is 61.5 Å². The maximum Gasteiger partial charge on any atom is 0.407 e. The maximum atomic E-state index is 12.0. The van der Waals surface area contributed by atoms with Gasteiger partial charge in [0.2, 0.25) is 0 Å². The van der Waals surface area contributed by atoms with E-state index >= 15 is 0 Å².